The molecule has 9 nitrogen and oxygen atoms in total. The van der Waals surface area contributed by atoms with E-state index in [0.29, 0.717) is 42.3 Å². The molecule has 2 aromatic carbocycles. The summed E-state index contributed by atoms with van der Waals surface area (Å²) in [6.07, 6.45) is 4.30. The van der Waals surface area contributed by atoms with E-state index in [9.17, 15) is 23.6 Å². The first kappa shape index (κ1) is 28.0. The summed E-state index contributed by atoms with van der Waals surface area (Å²) in [6, 6.07) is 14.6. The van der Waals surface area contributed by atoms with E-state index in [1.165, 1.54) is 12.3 Å². The van der Waals surface area contributed by atoms with Gasteiger partial charge in [-0.15, -0.1) is 0 Å². The topological polar surface area (TPSA) is 130 Å². The number of amides is 2. The Balaban J connectivity index is 1.25. The van der Waals surface area contributed by atoms with E-state index < -0.39 is 41.1 Å². The maximum Gasteiger partial charge on any atom is 0.306 e. The van der Waals surface area contributed by atoms with Gasteiger partial charge in [0, 0.05) is 23.8 Å². The van der Waals surface area contributed by atoms with Crippen LogP contribution in [-0.2, 0) is 11.2 Å². The van der Waals surface area contributed by atoms with Crippen LogP contribution in [-0.4, -0.2) is 44.4 Å². The number of nitrogens with zero attached hydrogens (tertiary/aromatic N) is 2. The molecule has 11 heteroatoms. The molecule has 0 radical (unpaired) electrons. The Morgan fingerprint density at radius 1 is 1.00 bits per heavy atom. The van der Waals surface area contributed by atoms with Crippen molar-refractivity contribution in [2.45, 2.75) is 38.1 Å². The number of aliphatic carboxylic acids is 1. The fourth-order valence-corrected chi connectivity index (χ4v) is 5.33. The summed E-state index contributed by atoms with van der Waals surface area (Å²) in [4.78, 5) is 54.3. The molecule has 0 unspecified atom stereocenters. The van der Waals surface area contributed by atoms with E-state index in [2.05, 4.69) is 15.6 Å². The van der Waals surface area contributed by atoms with Gasteiger partial charge in [0.25, 0.3) is 11.8 Å². The average Bonchev–Trinajstić information content (AvgIpc) is 3.36. The average molecular weight is 577 g/mol. The Morgan fingerprint density at radius 2 is 1.76 bits per heavy atom. The van der Waals surface area contributed by atoms with Crippen molar-refractivity contribution >= 4 is 51.8 Å². The van der Waals surface area contributed by atoms with Crippen LogP contribution in [0.5, 0.6) is 0 Å². The molecule has 41 heavy (non-hydrogen) atoms. The monoisotopic (exact) mass is 576 g/mol. The largest absolute Gasteiger partial charge is 0.481 e. The van der Waals surface area contributed by atoms with Crippen molar-refractivity contribution in [2.24, 2.45) is 5.92 Å². The molecular weight excluding hydrogens is 551 g/mol. The highest BCUT2D eigenvalue weighted by atomic mass is 35.5. The van der Waals surface area contributed by atoms with Crippen molar-refractivity contribution in [3.63, 3.8) is 0 Å². The minimum atomic E-state index is -0.863. The fourth-order valence-electron chi connectivity index (χ4n) is 5.08. The summed E-state index contributed by atoms with van der Waals surface area (Å²) in [6.45, 7) is 0. The lowest BCUT2D eigenvalue weighted by Crippen LogP contribution is -2.40. The third-order valence-electron chi connectivity index (χ3n) is 7.26. The zero-order chi connectivity index (χ0) is 29.1. The molecule has 0 saturated heterocycles. The van der Waals surface area contributed by atoms with Crippen LogP contribution in [0.4, 0.5) is 10.1 Å². The highest BCUT2D eigenvalue weighted by molar-refractivity contribution is 6.34. The van der Waals surface area contributed by atoms with Crippen molar-refractivity contribution < 1.29 is 28.7 Å². The number of rotatable bonds is 7. The van der Waals surface area contributed by atoms with E-state index in [0.717, 1.165) is 16.0 Å². The van der Waals surface area contributed by atoms with E-state index in [1.54, 1.807) is 24.4 Å². The van der Waals surface area contributed by atoms with Crippen LogP contribution in [0.3, 0.4) is 0 Å². The Labute approximate surface area is 239 Å². The summed E-state index contributed by atoms with van der Waals surface area (Å²) in [5.74, 6) is -3.89. The van der Waals surface area contributed by atoms with Crippen molar-refractivity contribution in [2.75, 3.05) is 5.32 Å². The Morgan fingerprint density at radius 3 is 2.49 bits per heavy atom. The van der Waals surface area contributed by atoms with Crippen LogP contribution in [0, 0.1) is 11.7 Å². The molecule has 0 spiro atoms. The highest BCUT2D eigenvalue weighted by Gasteiger charge is 2.29. The second-order valence-electron chi connectivity index (χ2n) is 9.96. The quantitative estimate of drug-likeness (QED) is 0.272. The first-order valence-corrected chi connectivity index (χ1v) is 13.5. The molecule has 0 aliphatic heterocycles. The third-order valence-corrected chi connectivity index (χ3v) is 7.57. The van der Waals surface area contributed by atoms with Crippen LogP contribution in [0.2, 0.25) is 5.02 Å². The van der Waals surface area contributed by atoms with Crippen LogP contribution >= 0.6 is 11.6 Å². The van der Waals surface area contributed by atoms with Crippen molar-refractivity contribution in [1.82, 2.24) is 14.9 Å². The van der Waals surface area contributed by atoms with Gasteiger partial charge in [0.15, 0.2) is 5.82 Å². The first-order chi connectivity index (χ1) is 19.7. The number of carboxylic acid groups (broad SMARTS) is 1. The van der Waals surface area contributed by atoms with E-state index in [4.69, 9.17) is 16.7 Å². The summed E-state index contributed by atoms with van der Waals surface area (Å²) in [5.41, 5.74) is 0.655. The Bertz CT molecular complexity index is 1660. The molecule has 0 atom stereocenters. The normalized spacial score (nSPS) is 16.7. The van der Waals surface area contributed by atoms with Gasteiger partial charge in [-0.3, -0.25) is 28.7 Å². The minimum absolute atomic E-state index is 0.184. The number of anilines is 1. The zero-order valence-electron chi connectivity index (χ0n) is 21.8. The molecule has 1 saturated carbocycles. The summed E-state index contributed by atoms with van der Waals surface area (Å²) < 4.78 is 15.5. The van der Waals surface area contributed by atoms with Crippen molar-refractivity contribution in [3.8, 4) is 0 Å². The number of hydrogen-bond donors (Lipinski definition) is 3. The molecule has 2 aromatic heterocycles. The summed E-state index contributed by atoms with van der Waals surface area (Å²) >= 11 is 6.42. The highest BCUT2D eigenvalue weighted by Crippen LogP contribution is 2.27. The molecule has 0 bridgehead atoms. The number of aromatic nitrogens is 2. The molecule has 1 fully saturated rings. The number of benzene rings is 2. The third kappa shape index (κ3) is 6.12. The lowest BCUT2D eigenvalue weighted by atomic mass is 9.86. The number of fused-ring (bicyclic) bond motifs is 1. The van der Waals surface area contributed by atoms with Crippen LogP contribution < -0.4 is 10.6 Å². The second-order valence-corrected chi connectivity index (χ2v) is 10.4. The molecule has 4 aromatic rings. The SMILES string of the molecule is O=C(Nc1ccc(CC(=O)n2ccc(F)c2C(=O)NC2CCC(C(=O)O)CC2)cc1Cl)c1nccc2ccccc12. The predicted molar refractivity (Wildman–Crippen MR) is 151 cm³/mol. The summed E-state index contributed by atoms with van der Waals surface area (Å²) in [5, 5.41) is 16.4. The lowest BCUT2D eigenvalue weighted by molar-refractivity contribution is -0.142. The number of hydrogen-bond acceptors (Lipinski definition) is 5. The maximum absolute atomic E-state index is 14.6. The van der Waals surface area contributed by atoms with Crippen LogP contribution in [0.1, 0.15) is 57.0 Å². The molecule has 3 N–H and O–H groups in total. The molecule has 2 heterocycles. The zero-order valence-corrected chi connectivity index (χ0v) is 22.5. The van der Waals surface area contributed by atoms with Gasteiger partial charge in [0.05, 0.1) is 23.0 Å². The molecule has 1 aliphatic carbocycles. The number of halogens is 2. The van der Waals surface area contributed by atoms with Crippen LogP contribution in [0.25, 0.3) is 10.8 Å². The standard InChI is InChI=1S/C30H26ClFN4O5/c31-22-15-17(5-10-24(22)35-28(38)26-21-4-2-1-3-18(21)11-13-33-26)16-25(37)36-14-12-23(32)27(36)29(39)34-20-8-6-19(7-9-20)30(40)41/h1-5,10-15,19-20H,6-9,16H2,(H,34,39)(H,35,38)(H,40,41). The molecular formula is C30H26ClFN4O5. The van der Waals surface area contributed by atoms with Gasteiger partial charge in [0.2, 0.25) is 5.91 Å². The van der Waals surface area contributed by atoms with Gasteiger partial charge in [-0.25, -0.2) is 4.39 Å². The maximum atomic E-state index is 14.6. The van der Waals surface area contributed by atoms with E-state index in [1.807, 2.05) is 24.3 Å². The van der Waals surface area contributed by atoms with Gasteiger partial charge in [0.1, 0.15) is 11.4 Å². The second kappa shape index (κ2) is 11.9. The van der Waals surface area contributed by atoms with Gasteiger partial charge >= 0.3 is 5.97 Å². The number of carbonyl (C=O) groups is 4. The Hall–Kier alpha value is -4.57. The van der Waals surface area contributed by atoms with E-state index >= 15 is 0 Å². The lowest BCUT2D eigenvalue weighted by Gasteiger charge is -2.26. The fraction of sp³-hybridized carbons (Fsp3) is 0.233. The molecule has 2 amide bonds. The molecule has 5 rings (SSSR count). The number of nitrogens with one attached hydrogen (secondary N) is 2. The van der Waals surface area contributed by atoms with Crippen molar-refractivity contribution in [1.29, 1.82) is 0 Å². The van der Waals surface area contributed by atoms with E-state index in [-0.39, 0.29) is 23.2 Å². The van der Waals surface area contributed by atoms with Crippen LogP contribution in [0.15, 0.2) is 67.0 Å². The minimum Gasteiger partial charge on any atom is -0.481 e. The number of pyridine rings is 1. The van der Waals surface area contributed by atoms with Gasteiger partial charge in [-0.1, -0.05) is 41.9 Å². The van der Waals surface area contributed by atoms with Gasteiger partial charge < -0.3 is 15.7 Å². The Kier molecular flexibility index (Phi) is 8.11. The van der Waals surface area contributed by atoms with Gasteiger partial charge in [-0.05, 0) is 60.9 Å². The molecule has 1 aliphatic rings. The smallest absolute Gasteiger partial charge is 0.306 e. The predicted octanol–water partition coefficient (Wildman–Crippen LogP) is 5.34. The molecule has 210 valence electrons. The summed E-state index contributed by atoms with van der Waals surface area (Å²) in [7, 11) is 0. The first-order valence-electron chi connectivity index (χ1n) is 13.1. The van der Waals surface area contributed by atoms with Crippen molar-refractivity contribution in [3.05, 3.63) is 94.8 Å². The van der Waals surface area contributed by atoms with Gasteiger partial charge in [-0.2, -0.15) is 0 Å². The number of carboxylic acids is 1. The number of carbonyl (C=O) groups excluding carboxylic acids is 3.